The van der Waals surface area contributed by atoms with Crippen LogP contribution in [0.5, 0.6) is 0 Å². The van der Waals surface area contributed by atoms with Crippen LogP contribution in [0.2, 0.25) is 0 Å². The van der Waals surface area contributed by atoms with E-state index in [9.17, 15) is 9.59 Å². The van der Waals surface area contributed by atoms with Crippen LogP contribution >= 0.6 is 23.4 Å². The summed E-state index contributed by atoms with van der Waals surface area (Å²) in [7, 11) is 0. The van der Waals surface area contributed by atoms with Gasteiger partial charge in [-0.2, -0.15) is 0 Å². The van der Waals surface area contributed by atoms with Gasteiger partial charge in [-0.1, -0.05) is 0 Å². The molecule has 12 heavy (non-hydrogen) atoms. The Labute approximate surface area is 78.9 Å². The molecule has 0 aromatic heterocycles. The van der Waals surface area contributed by atoms with Crippen molar-refractivity contribution in [2.45, 2.75) is 12.5 Å². The van der Waals surface area contributed by atoms with Crippen molar-refractivity contribution in [3.8, 4) is 0 Å². The van der Waals surface area contributed by atoms with Gasteiger partial charge in [-0.15, -0.1) is 11.8 Å². The number of amides is 1. The first-order valence-corrected chi connectivity index (χ1v) is 4.90. The molecule has 0 aliphatic carbocycles. The number of carboxylic acid groups (broad SMARTS) is 1. The van der Waals surface area contributed by atoms with E-state index >= 15 is 0 Å². The van der Waals surface area contributed by atoms with Gasteiger partial charge in [-0.3, -0.25) is 9.59 Å². The molecule has 0 radical (unpaired) electrons. The zero-order valence-electron chi connectivity index (χ0n) is 6.20. The van der Waals surface area contributed by atoms with Crippen molar-refractivity contribution in [3.05, 3.63) is 0 Å². The van der Waals surface area contributed by atoms with E-state index in [4.69, 9.17) is 16.7 Å². The Kier molecular flexibility index (Phi) is 3.22. The lowest BCUT2D eigenvalue weighted by molar-refractivity contribution is -0.137. The molecule has 0 saturated carbocycles. The van der Waals surface area contributed by atoms with E-state index in [1.807, 2.05) is 0 Å². The average Bonchev–Trinajstić information content (AvgIpc) is 2.33. The molecule has 1 fully saturated rings. The van der Waals surface area contributed by atoms with Gasteiger partial charge in [0.05, 0.1) is 18.3 Å². The third-order valence-corrected chi connectivity index (χ3v) is 2.92. The molecule has 4 nitrogen and oxygen atoms in total. The second-order valence-electron chi connectivity index (χ2n) is 2.47. The van der Waals surface area contributed by atoms with Crippen molar-refractivity contribution < 1.29 is 14.7 Å². The molecule has 1 saturated heterocycles. The molecule has 1 atom stereocenters. The SMILES string of the molecule is O=C(O)CC1CSCN1C(=O)Cl. The molecule has 1 heterocycles. The maximum Gasteiger partial charge on any atom is 0.317 e. The van der Waals surface area contributed by atoms with E-state index in [1.54, 1.807) is 0 Å². The molecule has 1 amide bonds. The smallest absolute Gasteiger partial charge is 0.317 e. The maximum absolute atomic E-state index is 10.7. The van der Waals surface area contributed by atoms with Gasteiger partial charge in [0.2, 0.25) is 0 Å². The highest BCUT2D eigenvalue weighted by Crippen LogP contribution is 2.24. The van der Waals surface area contributed by atoms with Crippen LogP contribution in [-0.2, 0) is 4.79 Å². The fourth-order valence-corrected chi connectivity index (χ4v) is 2.52. The summed E-state index contributed by atoms with van der Waals surface area (Å²) in [6.45, 7) is 0. The molecular weight excluding hydrogens is 202 g/mol. The highest BCUT2D eigenvalue weighted by Gasteiger charge is 2.29. The average molecular weight is 210 g/mol. The molecule has 0 bridgehead atoms. The fraction of sp³-hybridized carbons (Fsp3) is 0.667. The molecule has 6 heteroatoms. The second kappa shape index (κ2) is 4.00. The molecule has 0 aromatic carbocycles. The lowest BCUT2D eigenvalue weighted by Crippen LogP contribution is -2.34. The van der Waals surface area contributed by atoms with Crippen molar-refractivity contribution in [1.82, 2.24) is 4.90 Å². The number of carbonyl (C=O) groups is 2. The number of halogens is 1. The monoisotopic (exact) mass is 209 g/mol. The van der Waals surface area contributed by atoms with E-state index in [-0.39, 0.29) is 12.5 Å². The fourth-order valence-electron chi connectivity index (χ4n) is 1.05. The van der Waals surface area contributed by atoms with E-state index in [2.05, 4.69) is 0 Å². The van der Waals surface area contributed by atoms with Crippen LogP contribution < -0.4 is 0 Å². The third kappa shape index (κ3) is 2.28. The summed E-state index contributed by atoms with van der Waals surface area (Å²) in [5.74, 6) is 0.260. The molecule has 1 rings (SSSR count). The van der Waals surface area contributed by atoms with Gasteiger partial charge in [-0.25, -0.2) is 0 Å². The van der Waals surface area contributed by atoms with Gasteiger partial charge >= 0.3 is 11.3 Å². The Hall–Kier alpha value is -0.420. The molecule has 0 aromatic rings. The van der Waals surface area contributed by atoms with Crippen LogP contribution in [-0.4, -0.2) is 39.0 Å². The zero-order chi connectivity index (χ0) is 9.14. The van der Waals surface area contributed by atoms with Crippen LogP contribution in [0.25, 0.3) is 0 Å². The number of aliphatic carboxylic acids is 1. The highest BCUT2D eigenvalue weighted by atomic mass is 35.5. The van der Waals surface area contributed by atoms with Crippen molar-refractivity contribution in [3.63, 3.8) is 0 Å². The van der Waals surface area contributed by atoms with Crippen LogP contribution in [0.15, 0.2) is 0 Å². The number of thioether (sulfide) groups is 1. The van der Waals surface area contributed by atoms with Crippen LogP contribution in [0.1, 0.15) is 6.42 Å². The number of carboxylic acids is 1. The van der Waals surface area contributed by atoms with Gasteiger partial charge in [0, 0.05) is 5.75 Å². The summed E-state index contributed by atoms with van der Waals surface area (Å²) in [4.78, 5) is 22.4. The van der Waals surface area contributed by atoms with E-state index in [0.717, 1.165) is 0 Å². The van der Waals surface area contributed by atoms with Crippen LogP contribution in [0.3, 0.4) is 0 Å². The molecule has 1 aliphatic heterocycles. The molecule has 68 valence electrons. The van der Waals surface area contributed by atoms with Crippen molar-refractivity contribution in [1.29, 1.82) is 0 Å². The number of rotatable bonds is 2. The minimum absolute atomic E-state index is 0.0224. The first-order valence-electron chi connectivity index (χ1n) is 3.37. The normalized spacial score (nSPS) is 22.8. The summed E-state index contributed by atoms with van der Waals surface area (Å²) in [5.41, 5.74) is 0. The van der Waals surface area contributed by atoms with Crippen LogP contribution in [0.4, 0.5) is 4.79 Å². The minimum Gasteiger partial charge on any atom is -0.481 e. The van der Waals surface area contributed by atoms with E-state index in [1.165, 1.54) is 16.7 Å². The minimum atomic E-state index is -0.898. The van der Waals surface area contributed by atoms with Crippen LogP contribution in [0, 0.1) is 0 Å². The highest BCUT2D eigenvalue weighted by molar-refractivity contribution is 7.99. The lowest BCUT2D eigenvalue weighted by Gasteiger charge is -2.18. The summed E-state index contributed by atoms with van der Waals surface area (Å²) in [6.07, 6.45) is -0.0224. The zero-order valence-corrected chi connectivity index (χ0v) is 7.77. The summed E-state index contributed by atoms with van der Waals surface area (Å²) >= 11 is 6.76. The summed E-state index contributed by atoms with van der Waals surface area (Å²) < 4.78 is 0. The second-order valence-corrected chi connectivity index (χ2v) is 3.80. The Morgan fingerprint density at radius 3 is 2.83 bits per heavy atom. The van der Waals surface area contributed by atoms with Crippen molar-refractivity contribution in [2.75, 3.05) is 11.6 Å². The molecule has 1 N–H and O–H groups in total. The maximum atomic E-state index is 10.7. The number of hydrogen-bond acceptors (Lipinski definition) is 3. The molecule has 0 spiro atoms. The van der Waals surface area contributed by atoms with Gasteiger partial charge in [0.25, 0.3) is 0 Å². The lowest BCUT2D eigenvalue weighted by atomic mass is 10.2. The standard InChI is InChI=1S/C6H8ClNO3S/c7-6(11)8-3-12-2-4(8)1-5(9)10/h4H,1-3H2,(H,9,10). The summed E-state index contributed by atoms with van der Waals surface area (Å²) in [6, 6.07) is -0.238. The predicted octanol–water partition coefficient (Wildman–Crippen LogP) is 1.19. The third-order valence-electron chi connectivity index (χ3n) is 1.62. The van der Waals surface area contributed by atoms with Gasteiger partial charge in [0.15, 0.2) is 0 Å². The Bertz CT molecular complexity index is 211. The van der Waals surface area contributed by atoms with E-state index in [0.29, 0.717) is 11.6 Å². The number of carbonyl (C=O) groups excluding carboxylic acids is 1. The van der Waals surface area contributed by atoms with Crippen molar-refractivity contribution in [2.24, 2.45) is 0 Å². The van der Waals surface area contributed by atoms with Gasteiger partial charge < -0.3 is 10.0 Å². The molecule has 1 unspecified atom stereocenters. The first kappa shape index (κ1) is 9.67. The van der Waals surface area contributed by atoms with E-state index < -0.39 is 11.3 Å². The predicted molar refractivity (Wildman–Crippen MR) is 46.5 cm³/mol. The summed E-state index contributed by atoms with van der Waals surface area (Å²) in [5, 5.41) is 7.92. The topological polar surface area (TPSA) is 57.6 Å². The molecular formula is C6H8ClNO3S. The van der Waals surface area contributed by atoms with Crippen molar-refractivity contribution >= 4 is 34.7 Å². The molecule has 1 aliphatic rings. The largest absolute Gasteiger partial charge is 0.481 e. The number of nitrogens with zero attached hydrogens (tertiary/aromatic N) is 1. The van der Waals surface area contributed by atoms with Gasteiger partial charge in [-0.05, 0) is 11.6 Å². The quantitative estimate of drug-likeness (QED) is 0.549. The Balaban J connectivity index is 2.52. The number of hydrogen-bond donors (Lipinski definition) is 1. The Morgan fingerprint density at radius 2 is 2.33 bits per heavy atom. The first-order chi connectivity index (χ1) is 5.61. The Morgan fingerprint density at radius 1 is 1.67 bits per heavy atom. The van der Waals surface area contributed by atoms with Gasteiger partial charge in [0.1, 0.15) is 0 Å².